The van der Waals surface area contributed by atoms with E-state index < -0.39 is 10.0 Å². The second-order valence-electron chi connectivity index (χ2n) is 7.02. The van der Waals surface area contributed by atoms with Crippen LogP contribution < -0.4 is 10.6 Å². The smallest absolute Gasteiger partial charge is 0.211 e. The van der Waals surface area contributed by atoms with Crippen molar-refractivity contribution in [3.63, 3.8) is 0 Å². The molecule has 1 aliphatic heterocycles. The van der Waals surface area contributed by atoms with Gasteiger partial charge in [-0.25, -0.2) is 12.7 Å². The second kappa shape index (κ2) is 11.9. The molecule has 0 radical (unpaired) electrons. The fourth-order valence-corrected chi connectivity index (χ4v) is 4.02. The minimum absolute atomic E-state index is 0. The van der Waals surface area contributed by atoms with Gasteiger partial charge in [-0.2, -0.15) is 0 Å². The first-order chi connectivity index (χ1) is 12.4. The van der Waals surface area contributed by atoms with Crippen molar-refractivity contribution < 1.29 is 8.42 Å². The van der Waals surface area contributed by atoms with E-state index in [1.807, 2.05) is 6.07 Å². The van der Waals surface area contributed by atoms with Gasteiger partial charge in [0.05, 0.1) is 6.26 Å². The summed E-state index contributed by atoms with van der Waals surface area (Å²) in [6.07, 6.45) is 3.06. The monoisotopic (exact) mass is 508 g/mol. The van der Waals surface area contributed by atoms with E-state index in [-0.39, 0.29) is 24.0 Å². The van der Waals surface area contributed by atoms with Gasteiger partial charge in [-0.05, 0) is 31.2 Å². The molecular weight excluding hydrogens is 475 g/mol. The molecule has 1 unspecified atom stereocenters. The van der Waals surface area contributed by atoms with E-state index >= 15 is 0 Å². The Morgan fingerprint density at radius 3 is 2.41 bits per heavy atom. The molecule has 27 heavy (non-hydrogen) atoms. The summed E-state index contributed by atoms with van der Waals surface area (Å²) in [5, 5.41) is 6.72. The third-order valence-electron chi connectivity index (χ3n) is 4.84. The lowest BCUT2D eigenvalue weighted by Gasteiger charge is -2.30. The van der Waals surface area contributed by atoms with Crippen LogP contribution in [0.3, 0.4) is 0 Å². The Kier molecular flexibility index (Phi) is 10.6. The molecule has 2 N–H and O–H groups in total. The van der Waals surface area contributed by atoms with E-state index in [2.05, 4.69) is 48.7 Å². The fourth-order valence-electron chi connectivity index (χ4n) is 3.14. The van der Waals surface area contributed by atoms with Gasteiger partial charge in [-0.3, -0.25) is 4.99 Å². The minimum atomic E-state index is -3.06. The number of benzene rings is 1. The Morgan fingerprint density at radius 1 is 1.22 bits per heavy atom. The van der Waals surface area contributed by atoms with Crippen LogP contribution in [-0.2, 0) is 10.0 Å². The summed E-state index contributed by atoms with van der Waals surface area (Å²) in [5.74, 6) is 1.67. The number of guanidine groups is 1. The van der Waals surface area contributed by atoms with Gasteiger partial charge in [-0.15, -0.1) is 24.0 Å². The fraction of sp³-hybridized carbons (Fsp3) is 0.632. The third kappa shape index (κ3) is 8.35. The molecule has 1 fully saturated rings. The molecule has 1 aromatic rings. The summed E-state index contributed by atoms with van der Waals surface area (Å²) < 4.78 is 24.8. The van der Waals surface area contributed by atoms with E-state index in [0.717, 1.165) is 38.4 Å². The first-order valence-electron chi connectivity index (χ1n) is 9.42. The van der Waals surface area contributed by atoms with Gasteiger partial charge < -0.3 is 10.6 Å². The molecule has 2 rings (SSSR count). The van der Waals surface area contributed by atoms with Gasteiger partial charge in [-0.1, -0.05) is 37.3 Å². The highest BCUT2D eigenvalue weighted by Gasteiger charge is 2.24. The molecule has 0 aromatic heterocycles. The normalized spacial score (nSPS) is 17.8. The quantitative estimate of drug-likeness (QED) is 0.338. The molecule has 0 saturated carbocycles. The maximum absolute atomic E-state index is 11.6. The standard InChI is InChI=1S/C19H32N4O2S.HI/c1-4-20-19(21-14-16(2)18-8-6-5-7-9-18)22-15-17-10-12-23(13-11-17)26(3,24)25;/h5-9,16-17H,4,10-15H2,1-3H3,(H2,20,21,22);1H. The number of nitrogens with one attached hydrogen (secondary N) is 2. The number of halogens is 1. The zero-order valence-electron chi connectivity index (χ0n) is 16.5. The predicted octanol–water partition coefficient (Wildman–Crippen LogP) is 2.63. The lowest BCUT2D eigenvalue weighted by molar-refractivity contribution is 0.275. The molecule has 1 aliphatic rings. The zero-order chi connectivity index (χ0) is 19.0. The highest BCUT2D eigenvalue weighted by atomic mass is 127. The average Bonchev–Trinajstić information content (AvgIpc) is 2.64. The van der Waals surface area contributed by atoms with Gasteiger partial charge in [0, 0.05) is 38.6 Å². The van der Waals surface area contributed by atoms with Gasteiger partial charge in [0.1, 0.15) is 0 Å². The summed E-state index contributed by atoms with van der Waals surface area (Å²) in [7, 11) is -3.06. The van der Waals surface area contributed by atoms with Crippen LogP contribution in [-0.4, -0.2) is 57.7 Å². The van der Waals surface area contributed by atoms with Crippen LogP contribution in [0.2, 0.25) is 0 Å². The van der Waals surface area contributed by atoms with Crippen molar-refractivity contribution >= 4 is 40.0 Å². The largest absolute Gasteiger partial charge is 0.357 e. The lowest BCUT2D eigenvalue weighted by atomic mass is 9.98. The molecule has 6 nitrogen and oxygen atoms in total. The summed E-state index contributed by atoms with van der Waals surface area (Å²) in [6.45, 7) is 7.84. The van der Waals surface area contributed by atoms with E-state index in [1.54, 1.807) is 4.31 Å². The number of sulfonamides is 1. The second-order valence-corrected chi connectivity index (χ2v) is 9.00. The molecular formula is C19H33IN4O2S. The van der Waals surface area contributed by atoms with Crippen molar-refractivity contribution in [2.24, 2.45) is 10.9 Å². The van der Waals surface area contributed by atoms with Crippen molar-refractivity contribution in [1.82, 2.24) is 14.9 Å². The van der Waals surface area contributed by atoms with Crippen molar-refractivity contribution in [3.8, 4) is 0 Å². The van der Waals surface area contributed by atoms with Crippen LogP contribution in [0.15, 0.2) is 35.3 Å². The summed E-state index contributed by atoms with van der Waals surface area (Å²) >= 11 is 0. The van der Waals surface area contributed by atoms with Crippen molar-refractivity contribution in [2.45, 2.75) is 32.6 Å². The highest BCUT2D eigenvalue weighted by molar-refractivity contribution is 14.0. The Hall–Kier alpha value is -0.870. The molecule has 1 heterocycles. The van der Waals surface area contributed by atoms with Crippen LogP contribution in [0.5, 0.6) is 0 Å². The van der Waals surface area contributed by atoms with Gasteiger partial charge in [0.2, 0.25) is 10.0 Å². The van der Waals surface area contributed by atoms with Crippen LogP contribution in [0.4, 0.5) is 0 Å². The lowest BCUT2D eigenvalue weighted by Crippen LogP contribution is -2.44. The van der Waals surface area contributed by atoms with Crippen molar-refractivity contribution in [2.75, 3.05) is 39.0 Å². The minimum Gasteiger partial charge on any atom is -0.357 e. The van der Waals surface area contributed by atoms with Crippen LogP contribution in [0.25, 0.3) is 0 Å². The van der Waals surface area contributed by atoms with E-state index in [4.69, 9.17) is 4.99 Å². The third-order valence-corrected chi connectivity index (χ3v) is 6.14. The summed E-state index contributed by atoms with van der Waals surface area (Å²) in [6, 6.07) is 10.4. The van der Waals surface area contributed by atoms with Crippen molar-refractivity contribution in [3.05, 3.63) is 35.9 Å². The first kappa shape index (κ1) is 24.2. The molecule has 0 aliphatic carbocycles. The van der Waals surface area contributed by atoms with E-state index in [0.29, 0.717) is 24.9 Å². The number of hydrogen-bond acceptors (Lipinski definition) is 3. The SMILES string of the molecule is CCNC(=NCC(C)c1ccccc1)NCC1CCN(S(C)(=O)=O)CC1.I. The molecule has 0 amide bonds. The molecule has 1 saturated heterocycles. The molecule has 0 spiro atoms. The highest BCUT2D eigenvalue weighted by Crippen LogP contribution is 2.18. The first-order valence-corrected chi connectivity index (χ1v) is 11.3. The molecule has 1 atom stereocenters. The average molecular weight is 508 g/mol. The van der Waals surface area contributed by atoms with E-state index in [1.165, 1.54) is 11.8 Å². The van der Waals surface area contributed by atoms with Crippen LogP contribution >= 0.6 is 24.0 Å². The van der Waals surface area contributed by atoms with Gasteiger partial charge >= 0.3 is 0 Å². The number of nitrogens with zero attached hydrogens (tertiary/aromatic N) is 2. The number of piperidine rings is 1. The van der Waals surface area contributed by atoms with Crippen molar-refractivity contribution in [1.29, 1.82) is 0 Å². The summed E-state index contributed by atoms with van der Waals surface area (Å²) in [4.78, 5) is 4.72. The predicted molar refractivity (Wildman–Crippen MR) is 123 cm³/mol. The number of aliphatic imine (C=N–C) groups is 1. The Morgan fingerprint density at radius 2 is 1.85 bits per heavy atom. The van der Waals surface area contributed by atoms with Crippen LogP contribution in [0, 0.1) is 5.92 Å². The molecule has 0 bridgehead atoms. The Labute approximate surface area is 181 Å². The Balaban J connectivity index is 0.00000364. The van der Waals surface area contributed by atoms with E-state index in [9.17, 15) is 8.42 Å². The van der Waals surface area contributed by atoms with Crippen LogP contribution in [0.1, 0.15) is 38.2 Å². The molecule has 154 valence electrons. The summed E-state index contributed by atoms with van der Waals surface area (Å²) in [5.41, 5.74) is 1.29. The maximum atomic E-state index is 11.6. The molecule has 1 aromatic carbocycles. The number of hydrogen-bond donors (Lipinski definition) is 2. The maximum Gasteiger partial charge on any atom is 0.211 e. The van der Waals surface area contributed by atoms with Gasteiger partial charge in [0.25, 0.3) is 0 Å². The number of rotatable bonds is 7. The molecule has 8 heteroatoms. The van der Waals surface area contributed by atoms with Gasteiger partial charge in [0.15, 0.2) is 5.96 Å². The Bertz CT molecular complexity index is 674. The zero-order valence-corrected chi connectivity index (χ0v) is 19.7. The topological polar surface area (TPSA) is 73.8 Å².